The van der Waals surface area contributed by atoms with Gasteiger partial charge in [-0.25, -0.2) is 4.79 Å². The average Bonchev–Trinajstić information content (AvgIpc) is 2.37. The third-order valence-electron chi connectivity index (χ3n) is 2.60. The number of aliphatic carboxylic acids is 1. The van der Waals surface area contributed by atoms with Crippen LogP contribution in [0.5, 0.6) is 0 Å². The van der Waals surface area contributed by atoms with Crippen LogP contribution in [0.15, 0.2) is 18.2 Å². The van der Waals surface area contributed by atoms with Gasteiger partial charge in [0.25, 0.3) is 0 Å². The first-order chi connectivity index (χ1) is 9.32. The molecule has 0 radical (unpaired) electrons. The van der Waals surface area contributed by atoms with Crippen LogP contribution in [0.3, 0.4) is 0 Å². The summed E-state index contributed by atoms with van der Waals surface area (Å²) in [5.74, 6) is -0.892. The second-order valence-corrected chi connectivity index (χ2v) is 5.24. The highest BCUT2D eigenvalue weighted by Crippen LogP contribution is 2.27. The molecule has 1 aromatic rings. The van der Waals surface area contributed by atoms with Crippen LogP contribution in [-0.4, -0.2) is 42.6 Å². The highest BCUT2D eigenvalue weighted by atomic mass is 35.5. The van der Waals surface area contributed by atoms with Gasteiger partial charge in [0.15, 0.2) is 0 Å². The van der Waals surface area contributed by atoms with Crippen molar-refractivity contribution >= 4 is 40.9 Å². The van der Waals surface area contributed by atoms with Crippen molar-refractivity contribution in [3.63, 3.8) is 0 Å². The molecule has 0 fully saturated rings. The van der Waals surface area contributed by atoms with Gasteiger partial charge >= 0.3 is 12.0 Å². The lowest BCUT2D eigenvalue weighted by atomic mass is 10.2. The Morgan fingerprint density at radius 3 is 2.35 bits per heavy atom. The van der Waals surface area contributed by atoms with Crippen LogP contribution in [0, 0.1) is 0 Å². The maximum Gasteiger partial charge on any atom is 0.323 e. The lowest BCUT2D eigenvalue weighted by Gasteiger charge is -2.26. The maximum absolute atomic E-state index is 12.1. The Labute approximate surface area is 127 Å². The van der Waals surface area contributed by atoms with Crippen LogP contribution in [0.2, 0.25) is 10.0 Å². The van der Waals surface area contributed by atoms with Crippen molar-refractivity contribution in [2.24, 2.45) is 0 Å². The molecule has 0 bridgehead atoms. The number of hydrogen-bond donors (Lipinski definition) is 1. The van der Waals surface area contributed by atoms with Crippen LogP contribution in [0.1, 0.15) is 12.8 Å². The molecule has 0 aliphatic rings. The Morgan fingerprint density at radius 2 is 1.85 bits per heavy atom. The molecule has 0 unspecified atom stereocenters. The molecule has 2 amide bonds. The standard InChI is InChI=1S/C13H16Cl2N2O3/c1-16(2)13(20)17(7-3-4-12(18)19)9-5-6-10(14)11(15)8-9/h5-6,8H,3-4,7H2,1-2H3,(H,18,19). The third kappa shape index (κ3) is 4.58. The largest absolute Gasteiger partial charge is 0.481 e. The summed E-state index contributed by atoms with van der Waals surface area (Å²) in [5.41, 5.74) is 0.587. The molecule has 7 heteroatoms. The summed E-state index contributed by atoms with van der Waals surface area (Å²) >= 11 is 11.8. The van der Waals surface area contributed by atoms with E-state index in [4.69, 9.17) is 28.3 Å². The number of amides is 2. The van der Waals surface area contributed by atoms with E-state index in [-0.39, 0.29) is 12.5 Å². The molecule has 110 valence electrons. The molecule has 0 saturated heterocycles. The average molecular weight is 319 g/mol. The highest BCUT2D eigenvalue weighted by molar-refractivity contribution is 6.42. The Bertz CT molecular complexity index is 506. The molecule has 1 rings (SSSR count). The molecule has 0 atom stereocenters. The smallest absolute Gasteiger partial charge is 0.323 e. The predicted octanol–water partition coefficient (Wildman–Crippen LogP) is 3.35. The van der Waals surface area contributed by atoms with Gasteiger partial charge in [0, 0.05) is 32.7 Å². The fourth-order valence-corrected chi connectivity index (χ4v) is 1.91. The van der Waals surface area contributed by atoms with Gasteiger partial charge < -0.3 is 10.0 Å². The molecule has 20 heavy (non-hydrogen) atoms. The van der Waals surface area contributed by atoms with E-state index in [9.17, 15) is 9.59 Å². The number of urea groups is 1. The van der Waals surface area contributed by atoms with E-state index in [1.165, 1.54) is 9.80 Å². The van der Waals surface area contributed by atoms with Crippen molar-refractivity contribution in [3.05, 3.63) is 28.2 Å². The van der Waals surface area contributed by atoms with Crippen LogP contribution in [-0.2, 0) is 4.79 Å². The molecule has 1 aromatic carbocycles. The second kappa shape index (κ2) is 7.36. The Balaban J connectivity index is 2.94. The van der Waals surface area contributed by atoms with E-state index in [1.807, 2.05) is 0 Å². The summed E-state index contributed by atoms with van der Waals surface area (Å²) in [6.45, 7) is 0.293. The molecule has 5 nitrogen and oxygen atoms in total. The van der Waals surface area contributed by atoms with Gasteiger partial charge in [-0.05, 0) is 24.6 Å². The molecule has 0 aliphatic heterocycles. The van der Waals surface area contributed by atoms with E-state index < -0.39 is 5.97 Å². The number of carbonyl (C=O) groups excluding carboxylic acids is 1. The van der Waals surface area contributed by atoms with Crippen LogP contribution >= 0.6 is 23.2 Å². The lowest BCUT2D eigenvalue weighted by Crippen LogP contribution is -2.40. The van der Waals surface area contributed by atoms with Crippen molar-refractivity contribution in [1.82, 2.24) is 4.90 Å². The third-order valence-corrected chi connectivity index (χ3v) is 3.34. The van der Waals surface area contributed by atoms with E-state index >= 15 is 0 Å². The van der Waals surface area contributed by atoms with Crippen molar-refractivity contribution in [1.29, 1.82) is 0 Å². The first-order valence-electron chi connectivity index (χ1n) is 5.98. The number of nitrogens with zero attached hydrogens (tertiary/aromatic N) is 2. The van der Waals surface area contributed by atoms with Crippen LogP contribution in [0.25, 0.3) is 0 Å². The molecule has 0 spiro atoms. The molecule has 0 saturated carbocycles. The van der Waals surface area contributed by atoms with Crippen molar-refractivity contribution in [2.75, 3.05) is 25.5 Å². The fourth-order valence-electron chi connectivity index (χ4n) is 1.62. The van der Waals surface area contributed by atoms with E-state index in [0.717, 1.165) is 0 Å². The zero-order chi connectivity index (χ0) is 15.3. The molecule has 0 aromatic heterocycles. The van der Waals surface area contributed by atoms with Crippen molar-refractivity contribution in [3.8, 4) is 0 Å². The normalized spacial score (nSPS) is 10.2. The number of halogens is 2. The minimum absolute atomic E-state index is 0.00146. The van der Waals surface area contributed by atoms with Crippen LogP contribution in [0.4, 0.5) is 10.5 Å². The highest BCUT2D eigenvalue weighted by Gasteiger charge is 2.18. The second-order valence-electron chi connectivity index (χ2n) is 4.42. The van der Waals surface area contributed by atoms with Gasteiger partial charge in [-0.2, -0.15) is 0 Å². The summed E-state index contributed by atoms with van der Waals surface area (Å²) in [5, 5.41) is 9.42. The van der Waals surface area contributed by atoms with E-state index in [0.29, 0.717) is 28.7 Å². The van der Waals surface area contributed by atoms with Crippen molar-refractivity contribution in [2.45, 2.75) is 12.8 Å². The van der Waals surface area contributed by atoms with Crippen LogP contribution < -0.4 is 4.90 Å². The molecular weight excluding hydrogens is 303 g/mol. The predicted molar refractivity (Wildman–Crippen MR) is 79.8 cm³/mol. The Hall–Kier alpha value is -1.46. The number of carboxylic acid groups (broad SMARTS) is 1. The van der Waals surface area contributed by atoms with Gasteiger partial charge in [0.1, 0.15) is 0 Å². The van der Waals surface area contributed by atoms with Gasteiger partial charge in [0.2, 0.25) is 0 Å². The lowest BCUT2D eigenvalue weighted by molar-refractivity contribution is -0.137. The number of carbonyl (C=O) groups is 2. The number of carboxylic acids is 1. The first kappa shape index (κ1) is 16.6. The first-order valence-corrected chi connectivity index (χ1v) is 6.74. The summed E-state index contributed by atoms with van der Waals surface area (Å²) in [6.07, 6.45) is 0.355. The van der Waals surface area contributed by atoms with Gasteiger partial charge in [-0.3, -0.25) is 9.69 Å². The zero-order valence-electron chi connectivity index (χ0n) is 11.3. The monoisotopic (exact) mass is 318 g/mol. The number of benzene rings is 1. The van der Waals surface area contributed by atoms with Gasteiger partial charge in [-0.1, -0.05) is 23.2 Å². The van der Waals surface area contributed by atoms with Gasteiger partial charge in [0.05, 0.1) is 10.0 Å². The van der Waals surface area contributed by atoms with Gasteiger partial charge in [-0.15, -0.1) is 0 Å². The quantitative estimate of drug-likeness (QED) is 0.905. The summed E-state index contributed by atoms with van der Waals surface area (Å²) in [6, 6.07) is 4.63. The zero-order valence-corrected chi connectivity index (χ0v) is 12.8. The summed E-state index contributed by atoms with van der Waals surface area (Å²) in [4.78, 5) is 25.6. The fraction of sp³-hybridized carbons (Fsp3) is 0.385. The summed E-state index contributed by atoms with van der Waals surface area (Å²) in [7, 11) is 3.26. The Morgan fingerprint density at radius 1 is 1.20 bits per heavy atom. The molecule has 0 aliphatic carbocycles. The van der Waals surface area contributed by atoms with Crippen molar-refractivity contribution < 1.29 is 14.7 Å². The molecule has 0 heterocycles. The number of rotatable bonds is 5. The molecular formula is C13H16Cl2N2O3. The van der Waals surface area contributed by atoms with E-state index in [1.54, 1.807) is 32.3 Å². The Kier molecular flexibility index (Phi) is 6.10. The number of hydrogen-bond acceptors (Lipinski definition) is 2. The maximum atomic E-state index is 12.1. The van der Waals surface area contributed by atoms with E-state index in [2.05, 4.69) is 0 Å². The minimum Gasteiger partial charge on any atom is -0.481 e. The SMILES string of the molecule is CN(C)C(=O)N(CCCC(=O)O)c1ccc(Cl)c(Cl)c1. The minimum atomic E-state index is -0.892. The topological polar surface area (TPSA) is 60.9 Å². The summed E-state index contributed by atoms with van der Waals surface area (Å²) < 4.78 is 0. The molecule has 1 N–H and O–H groups in total. The number of anilines is 1.